The molecule has 6 nitrogen and oxygen atoms in total. The Morgan fingerprint density at radius 2 is 2.12 bits per heavy atom. The van der Waals surface area contributed by atoms with Crippen LogP contribution in [0.25, 0.3) is 0 Å². The van der Waals surface area contributed by atoms with Gasteiger partial charge in [-0.15, -0.1) is 0 Å². The van der Waals surface area contributed by atoms with Crippen molar-refractivity contribution in [1.29, 1.82) is 0 Å². The third kappa shape index (κ3) is 3.39. The predicted octanol–water partition coefficient (Wildman–Crippen LogP) is 0.514. The van der Waals surface area contributed by atoms with E-state index in [0.29, 0.717) is 0 Å². The molecule has 1 aromatic rings. The lowest BCUT2D eigenvalue weighted by Crippen LogP contribution is -2.47. The second-order valence-electron chi connectivity index (χ2n) is 3.48. The van der Waals surface area contributed by atoms with E-state index in [1.54, 1.807) is 25.3 Å². The standard InChI is InChI=1S/C10H15N3O3/c1-6(8-4-3-5-16-8)12-7(2)9(14)13-10(11)15/h3-7,12H,1-2H3,(H3,11,13,14,15)/t6-,7?/m1/s1. The van der Waals surface area contributed by atoms with Gasteiger partial charge in [-0.3, -0.25) is 15.4 Å². The van der Waals surface area contributed by atoms with Crippen molar-refractivity contribution in [2.24, 2.45) is 5.73 Å². The van der Waals surface area contributed by atoms with Crippen LogP contribution in [0.15, 0.2) is 22.8 Å². The number of carbonyl (C=O) groups excluding carboxylic acids is 2. The fraction of sp³-hybridized carbons (Fsp3) is 0.400. The molecule has 0 spiro atoms. The first-order valence-corrected chi connectivity index (χ1v) is 4.90. The monoisotopic (exact) mass is 225 g/mol. The van der Waals surface area contributed by atoms with Crippen molar-refractivity contribution in [1.82, 2.24) is 10.6 Å². The molecule has 0 fully saturated rings. The van der Waals surface area contributed by atoms with E-state index in [9.17, 15) is 9.59 Å². The van der Waals surface area contributed by atoms with Crippen LogP contribution in [0, 0.1) is 0 Å². The molecule has 4 N–H and O–H groups in total. The van der Waals surface area contributed by atoms with Crippen molar-refractivity contribution >= 4 is 11.9 Å². The number of primary amides is 1. The van der Waals surface area contributed by atoms with Gasteiger partial charge in [0.1, 0.15) is 5.76 Å². The maximum Gasteiger partial charge on any atom is 0.318 e. The van der Waals surface area contributed by atoms with E-state index in [0.717, 1.165) is 5.76 Å². The van der Waals surface area contributed by atoms with Crippen molar-refractivity contribution in [3.05, 3.63) is 24.2 Å². The number of urea groups is 1. The molecule has 0 aliphatic heterocycles. The van der Waals surface area contributed by atoms with E-state index >= 15 is 0 Å². The number of imide groups is 1. The van der Waals surface area contributed by atoms with Gasteiger partial charge in [-0.2, -0.15) is 0 Å². The average Bonchev–Trinajstić information content (AvgIpc) is 2.68. The summed E-state index contributed by atoms with van der Waals surface area (Å²) in [5.41, 5.74) is 4.84. The van der Waals surface area contributed by atoms with Gasteiger partial charge in [-0.1, -0.05) is 0 Å². The molecule has 1 rings (SSSR count). The fourth-order valence-corrected chi connectivity index (χ4v) is 1.30. The van der Waals surface area contributed by atoms with E-state index < -0.39 is 18.0 Å². The van der Waals surface area contributed by atoms with Crippen LogP contribution in [0.2, 0.25) is 0 Å². The molecule has 0 aromatic carbocycles. The number of nitrogens with one attached hydrogen (secondary N) is 2. The highest BCUT2D eigenvalue weighted by Crippen LogP contribution is 2.12. The van der Waals surface area contributed by atoms with Crippen molar-refractivity contribution in [2.75, 3.05) is 0 Å². The Morgan fingerprint density at radius 1 is 1.44 bits per heavy atom. The van der Waals surface area contributed by atoms with Crippen LogP contribution < -0.4 is 16.4 Å². The number of furan rings is 1. The SMILES string of the molecule is CC(N[C@H](C)c1ccco1)C(=O)NC(N)=O. The first kappa shape index (κ1) is 12.3. The van der Waals surface area contributed by atoms with Crippen LogP contribution in [-0.4, -0.2) is 18.0 Å². The molecule has 0 saturated carbocycles. The molecule has 0 aliphatic rings. The Morgan fingerprint density at radius 3 is 2.62 bits per heavy atom. The summed E-state index contributed by atoms with van der Waals surface area (Å²) in [6.07, 6.45) is 1.56. The van der Waals surface area contributed by atoms with Crippen LogP contribution >= 0.6 is 0 Å². The molecule has 2 atom stereocenters. The van der Waals surface area contributed by atoms with Crippen LogP contribution in [0.5, 0.6) is 0 Å². The van der Waals surface area contributed by atoms with Gasteiger partial charge in [-0.05, 0) is 26.0 Å². The highest BCUT2D eigenvalue weighted by atomic mass is 16.3. The highest BCUT2D eigenvalue weighted by molar-refractivity contribution is 5.96. The number of hydrogen-bond donors (Lipinski definition) is 3. The largest absolute Gasteiger partial charge is 0.468 e. The van der Waals surface area contributed by atoms with Gasteiger partial charge in [0.05, 0.1) is 18.3 Å². The second-order valence-corrected chi connectivity index (χ2v) is 3.48. The topological polar surface area (TPSA) is 97.4 Å². The van der Waals surface area contributed by atoms with E-state index in [2.05, 4.69) is 5.32 Å². The van der Waals surface area contributed by atoms with Gasteiger partial charge >= 0.3 is 6.03 Å². The summed E-state index contributed by atoms with van der Waals surface area (Å²) in [5.74, 6) is 0.254. The molecular weight excluding hydrogens is 210 g/mol. The Hall–Kier alpha value is -1.82. The van der Waals surface area contributed by atoms with Gasteiger partial charge in [0.15, 0.2) is 0 Å². The molecule has 88 valence electrons. The summed E-state index contributed by atoms with van der Waals surface area (Å²) in [6.45, 7) is 3.49. The predicted molar refractivity (Wildman–Crippen MR) is 57.4 cm³/mol. The summed E-state index contributed by atoms with van der Waals surface area (Å²) in [5, 5.41) is 4.97. The number of hydrogen-bond acceptors (Lipinski definition) is 4. The molecule has 16 heavy (non-hydrogen) atoms. The molecule has 1 unspecified atom stereocenters. The normalized spacial score (nSPS) is 14.1. The maximum atomic E-state index is 11.4. The molecule has 3 amide bonds. The van der Waals surface area contributed by atoms with Crippen LogP contribution in [-0.2, 0) is 4.79 Å². The number of nitrogens with two attached hydrogens (primary N) is 1. The van der Waals surface area contributed by atoms with Gasteiger partial charge < -0.3 is 10.2 Å². The molecule has 0 radical (unpaired) electrons. The summed E-state index contributed by atoms with van der Waals surface area (Å²) in [4.78, 5) is 21.8. The number of amides is 3. The zero-order valence-electron chi connectivity index (χ0n) is 9.19. The highest BCUT2D eigenvalue weighted by Gasteiger charge is 2.18. The Labute approximate surface area is 93.2 Å². The average molecular weight is 225 g/mol. The molecular formula is C10H15N3O3. The third-order valence-electron chi connectivity index (χ3n) is 2.11. The summed E-state index contributed by atoms with van der Waals surface area (Å²) >= 11 is 0. The van der Waals surface area contributed by atoms with Crippen molar-refractivity contribution in [3.8, 4) is 0 Å². The molecule has 6 heteroatoms. The molecule has 0 aliphatic carbocycles. The van der Waals surface area contributed by atoms with E-state index in [1.807, 2.05) is 12.2 Å². The third-order valence-corrected chi connectivity index (χ3v) is 2.11. The van der Waals surface area contributed by atoms with Crippen molar-refractivity contribution in [3.63, 3.8) is 0 Å². The van der Waals surface area contributed by atoms with Crippen molar-refractivity contribution < 1.29 is 14.0 Å². The minimum Gasteiger partial charge on any atom is -0.468 e. The lowest BCUT2D eigenvalue weighted by molar-refractivity contribution is -0.121. The molecule has 1 heterocycles. The molecule has 1 aromatic heterocycles. The van der Waals surface area contributed by atoms with Crippen LogP contribution in [0.1, 0.15) is 25.6 Å². The fourth-order valence-electron chi connectivity index (χ4n) is 1.30. The smallest absolute Gasteiger partial charge is 0.318 e. The lowest BCUT2D eigenvalue weighted by atomic mass is 10.2. The zero-order chi connectivity index (χ0) is 12.1. The van der Waals surface area contributed by atoms with E-state index in [-0.39, 0.29) is 6.04 Å². The number of carbonyl (C=O) groups is 2. The minimum absolute atomic E-state index is 0.122. The molecule has 0 bridgehead atoms. The summed E-state index contributed by atoms with van der Waals surface area (Å²) in [6, 6.07) is 2.05. The Kier molecular flexibility index (Phi) is 4.07. The minimum atomic E-state index is -0.857. The Bertz CT molecular complexity index is 361. The quantitative estimate of drug-likeness (QED) is 0.695. The lowest BCUT2D eigenvalue weighted by Gasteiger charge is -2.17. The first-order chi connectivity index (χ1) is 7.50. The zero-order valence-corrected chi connectivity index (χ0v) is 9.19. The van der Waals surface area contributed by atoms with Gasteiger partial charge in [-0.25, -0.2) is 4.79 Å². The van der Waals surface area contributed by atoms with Gasteiger partial charge in [0.25, 0.3) is 0 Å². The van der Waals surface area contributed by atoms with Gasteiger partial charge in [0.2, 0.25) is 5.91 Å². The maximum absolute atomic E-state index is 11.4. The van der Waals surface area contributed by atoms with Gasteiger partial charge in [0, 0.05) is 0 Å². The summed E-state index contributed by atoms with van der Waals surface area (Å²) in [7, 11) is 0. The molecule has 0 saturated heterocycles. The first-order valence-electron chi connectivity index (χ1n) is 4.90. The van der Waals surface area contributed by atoms with E-state index in [4.69, 9.17) is 10.2 Å². The number of rotatable bonds is 4. The Balaban J connectivity index is 2.48. The summed E-state index contributed by atoms with van der Waals surface area (Å²) < 4.78 is 5.17. The van der Waals surface area contributed by atoms with Crippen molar-refractivity contribution in [2.45, 2.75) is 25.9 Å². The van der Waals surface area contributed by atoms with Crippen LogP contribution in [0.4, 0.5) is 4.79 Å². The second kappa shape index (κ2) is 5.32. The van der Waals surface area contributed by atoms with Crippen LogP contribution in [0.3, 0.4) is 0 Å². The van der Waals surface area contributed by atoms with E-state index in [1.165, 1.54) is 0 Å².